The standard InChI is InChI=1S/C8H17N3O2/c1-6-5-13-3-2-11(6)4-7(9)8(10)12/h6-7H,2-5,9H2,1H3,(H2,10,12). The van der Waals surface area contributed by atoms with Crippen molar-refractivity contribution in [2.24, 2.45) is 11.5 Å². The summed E-state index contributed by atoms with van der Waals surface area (Å²) in [4.78, 5) is 12.8. The summed E-state index contributed by atoms with van der Waals surface area (Å²) in [6, 6.07) is -0.250. The second-order valence-electron chi connectivity index (χ2n) is 3.43. The van der Waals surface area contributed by atoms with E-state index in [0.29, 0.717) is 25.8 Å². The second-order valence-corrected chi connectivity index (χ2v) is 3.43. The number of morpholine rings is 1. The van der Waals surface area contributed by atoms with Gasteiger partial charge in [0.15, 0.2) is 0 Å². The van der Waals surface area contributed by atoms with Gasteiger partial charge in [-0.1, -0.05) is 0 Å². The number of ether oxygens (including phenoxy) is 1. The van der Waals surface area contributed by atoms with Crippen LogP contribution in [0.15, 0.2) is 0 Å². The van der Waals surface area contributed by atoms with Crippen LogP contribution in [0.4, 0.5) is 0 Å². The van der Waals surface area contributed by atoms with Crippen LogP contribution in [0.25, 0.3) is 0 Å². The fourth-order valence-corrected chi connectivity index (χ4v) is 1.38. The Bertz CT molecular complexity index is 186. The van der Waals surface area contributed by atoms with Gasteiger partial charge in [-0.3, -0.25) is 9.69 Å². The van der Waals surface area contributed by atoms with Crippen molar-refractivity contribution in [3.63, 3.8) is 0 Å². The number of primary amides is 1. The van der Waals surface area contributed by atoms with Crippen LogP contribution in [-0.2, 0) is 9.53 Å². The summed E-state index contributed by atoms with van der Waals surface area (Å²) < 4.78 is 5.26. The molecule has 1 fully saturated rings. The van der Waals surface area contributed by atoms with Crippen molar-refractivity contribution in [3.8, 4) is 0 Å². The number of carbonyl (C=O) groups excluding carboxylic acids is 1. The van der Waals surface area contributed by atoms with Gasteiger partial charge in [0.2, 0.25) is 5.91 Å². The summed E-state index contributed by atoms with van der Waals surface area (Å²) in [7, 11) is 0. The predicted molar refractivity (Wildman–Crippen MR) is 49.0 cm³/mol. The van der Waals surface area contributed by atoms with Gasteiger partial charge in [-0.2, -0.15) is 0 Å². The molecule has 13 heavy (non-hydrogen) atoms. The number of nitrogens with two attached hydrogens (primary N) is 2. The third-order valence-electron chi connectivity index (χ3n) is 2.30. The van der Waals surface area contributed by atoms with Crippen molar-refractivity contribution in [1.29, 1.82) is 0 Å². The molecule has 0 saturated carbocycles. The van der Waals surface area contributed by atoms with Crippen molar-refractivity contribution in [2.75, 3.05) is 26.3 Å². The molecule has 1 aliphatic rings. The van der Waals surface area contributed by atoms with E-state index in [0.717, 1.165) is 6.54 Å². The van der Waals surface area contributed by atoms with Crippen LogP contribution in [0.3, 0.4) is 0 Å². The first-order valence-corrected chi connectivity index (χ1v) is 4.48. The summed E-state index contributed by atoms with van der Waals surface area (Å²) in [5, 5.41) is 0. The SMILES string of the molecule is CC1COCCN1CC(N)C(N)=O. The van der Waals surface area contributed by atoms with E-state index in [4.69, 9.17) is 16.2 Å². The first kappa shape index (κ1) is 10.4. The lowest BCUT2D eigenvalue weighted by Crippen LogP contribution is -2.52. The largest absolute Gasteiger partial charge is 0.379 e. The van der Waals surface area contributed by atoms with E-state index in [1.165, 1.54) is 0 Å². The molecule has 4 N–H and O–H groups in total. The molecule has 0 spiro atoms. The number of nitrogens with zero attached hydrogens (tertiary/aromatic N) is 1. The number of hydrogen-bond acceptors (Lipinski definition) is 4. The quantitative estimate of drug-likeness (QED) is 0.564. The number of rotatable bonds is 3. The molecule has 0 aliphatic carbocycles. The maximum atomic E-state index is 10.7. The Morgan fingerprint density at radius 1 is 1.77 bits per heavy atom. The van der Waals surface area contributed by atoms with Crippen LogP contribution in [-0.4, -0.2) is 49.2 Å². The Morgan fingerprint density at radius 3 is 3.00 bits per heavy atom. The first-order valence-electron chi connectivity index (χ1n) is 4.48. The normalized spacial score (nSPS) is 27.1. The summed E-state index contributed by atoms with van der Waals surface area (Å²) in [6.07, 6.45) is 0. The summed E-state index contributed by atoms with van der Waals surface area (Å²) in [5.41, 5.74) is 10.6. The van der Waals surface area contributed by atoms with Gasteiger partial charge in [0.25, 0.3) is 0 Å². The summed E-state index contributed by atoms with van der Waals surface area (Å²) in [5.74, 6) is -0.446. The van der Waals surface area contributed by atoms with Crippen LogP contribution in [0.1, 0.15) is 6.92 Å². The van der Waals surface area contributed by atoms with Gasteiger partial charge in [-0.15, -0.1) is 0 Å². The molecule has 0 aromatic heterocycles. The lowest BCUT2D eigenvalue weighted by atomic mass is 10.2. The van der Waals surface area contributed by atoms with Gasteiger partial charge < -0.3 is 16.2 Å². The van der Waals surface area contributed by atoms with E-state index < -0.39 is 11.9 Å². The van der Waals surface area contributed by atoms with E-state index in [1.807, 2.05) is 6.92 Å². The minimum atomic E-state index is -0.569. The molecular weight excluding hydrogens is 170 g/mol. The highest BCUT2D eigenvalue weighted by Gasteiger charge is 2.22. The third-order valence-corrected chi connectivity index (χ3v) is 2.30. The Hall–Kier alpha value is -0.650. The Labute approximate surface area is 78.0 Å². The molecule has 5 heteroatoms. The van der Waals surface area contributed by atoms with Crippen molar-refractivity contribution in [3.05, 3.63) is 0 Å². The second kappa shape index (κ2) is 4.55. The van der Waals surface area contributed by atoms with Crippen molar-refractivity contribution >= 4 is 5.91 Å². The molecule has 1 heterocycles. The third kappa shape index (κ3) is 2.95. The van der Waals surface area contributed by atoms with Gasteiger partial charge >= 0.3 is 0 Å². The molecule has 0 radical (unpaired) electrons. The number of amides is 1. The molecule has 1 amide bonds. The van der Waals surface area contributed by atoms with Crippen LogP contribution >= 0.6 is 0 Å². The van der Waals surface area contributed by atoms with Gasteiger partial charge in [-0.05, 0) is 6.92 Å². The lowest BCUT2D eigenvalue weighted by molar-refractivity contribution is -0.120. The van der Waals surface area contributed by atoms with Crippen LogP contribution < -0.4 is 11.5 Å². The first-order chi connectivity index (χ1) is 6.11. The molecule has 1 saturated heterocycles. The van der Waals surface area contributed by atoms with Crippen LogP contribution in [0, 0.1) is 0 Å². The van der Waals surface area contributed by atoms with Crippen LogP contribution in [0.2, 0.25) is 0 Å². The molecule has 76 valence electrons. The maximum absolute atomic E-state index is 10.7. The van der Waals surface area contributed by atoms with Gasteiger partial charge in [0, 0.05) is 19.1 Å². The maximum Gasteiger partial charge on any atom is 0.235 e. The molecule has 2 unspecified atom stereocenters. The zero-order valence-electron chi connectivity index (χ0n) is 7.90. The lowest BCUT2D eigenvalue weighted by Gasteiger charge is -2.34. The monoisotopic (exact) mass is 187 g/mol. The van der Waals surface area contributed by atoms with Crippen LogP contribution in [0.5, 0.6) is 0 Å². The Balaban J connectivity index is 2.37. The summed E-state index contributed by atoms with van der Waals surface area (Å²) >= 11 is 0. The molecule has 0 bridgehead atoms. The fourth-order valence-electron chi connectivity index (χ4n) is 1.38. The van der Waals surface area contributed by atoms with Crippen molar-refractivity contribution in [1.82, 2.24) is 4.90 Å². The zero-order valence-corrected chi connectivity index (χ0v) is 7.90. The molecule has 1 rings (SSSR count). The highest BCUT2D eigenvalue weighted by molar-refractivity contribution is 5.79. The summed E-state index contributed by atoms with van der Waals surface area (Å²) in [6.45, 7) is 4.80. The minimum Gasteiger partial charge on any atom is -0.379 e. The zero-order chi connectivity index (χ0) is 9.84. The van der Waals surface area contributed by atoms with Gasteiger partial charge in [0.1, 0.15) is 0 Å². The van der Waals surface area contributed by atoms with Gasteiger partial charge in [-0.25, -0.2) is 0 Å². The molecular formula is C8H17N3O2. The molecule has 2 atom stereocenters. The van der Waals surface area contributed by atoms with E-state index in [2.05, 4.69) is 4.90 Å². The van der Waals surface area contributed by atoms with E-state index in [1.54, 1.807) is 0 Å². The van der Waals surface area contributed by atoms with Crippen molar-refractivity contribution < 1.29 is 9.53 Å². The highest BCUT2D eigenvalue weighted by atomic mass is 16.5. The average molecular weight is 187 g/mol. The van der Waals surface area contributed by atoms with E-state index in [9.17, 15) is 4.79 Å². The smallest absolute Gasteiger partial charge is 0.235 e. The van der Waals surface area contributed by atoms with E-state index >= 15 is 0 Å². The fraction of sp³-hybridized carbons (Fsp3) is 0.875. The molecule has 5 nitrogen and oxygen atoms in total. The minimum absolute atomic E-state index is 0.319. The average Bonchev–Trinajstić information content (AvgIpc) is 2.08. The number of hydrogen-bond donors (Lipinski definition) is 2. The highest BCUT2D eigenvalue weighted by Crippen LogP contribution is 2.05. The number of carbonyl (C=O) groups is 1. The molecule has 0 aromatic rings. The van der Waals surface area contributed by atoms with E-state index in [-0.39, 0.29) is 0 Å². The molecule has 0 aromatic carbocycles. The predicted octanol–water partition coefficient (Wildman–Crippen LogP) is -1.48. The Kier molecular flexibility index (Phi) is 3.65. The van der Waals surface area contributed by atoms with Gasteiger partial charge in [0.05, 0.1) is 19.3 Å². The van der Waals surface area contributed by atoms with Crippen molar-refractivity contribution in [2.45, 2.75) is 19.0 Å². The molecule has 1 aliphatic heterocycles. The topological polar surface area (TPSA) is 81.6 Å². The Morgan fingerprint density at radius 2 is 2.46 bits per heavy atom.